The minimum atomic E-state index is -4.67. The van der Waals surface area contributed by atoms with Gasteiger partial charge in [-0.2, -0.15) is 8.42 Å². The molecule has 0 amide bonds. The van der Waals surface area contributed by atoms with Gasteiger partial charge in [-0.1, -0.05) is 12.1 Å². The van der Waals surface area contributed by atoms with E-state index in [0.717, 1.165) is 24.9 Å². The molecule has 3 N–H and O–H groups in total. The fourth-order valence-electron chi connectivity index (χ4n) is 5.14. The highest BCUT2D eigenvalue weighted by Crippen LogP contribution is 2.61. The standard InChI is InChI=1S/C17H17NO4.H2O4S/c1-18-7-6-17-10-3-4-12(19)16(17)21-15-13(22-20)5-2-9(14(15)17)8-11(10)18;1-5(2,3)4/h2-5,10-11,16,20H,6-8H2,1H3;(H2,1,2,3,4)/t10-,11+,16-,17-;/m0./s1. The lowest BCUT2D eigenvalue weighted by atomic mass is 9.53. The van der Waals surface area contributed by atoms with Crippen LogP contribution in [0, 0.1) is 5.92 Å². The molecule has 146 valence electrons. The number of likely N-dealkylation sites (N-methyl/N-ethyl adjacent to an activating group) is 1. The molecule has 0 unspecified atom stereocenters. The zero-order valence-corrected chi connectivity index (χ0v) is 15.2. The summed E-state index contributed by atoms with van der Waals surface area (Å²) in [6.07, 6.45) is 5.10. The van der Waals surface area contributed by atoms with Gasteiger partial charge < -0.3 is 14.5 Å². The van der Waals surface area contributed by atoms with E-state index in [9.17, 15) is 4.79 Å². The third kappa shape index (κ3) is 2.67. The minimum Gasteiger partial charge on any atom is -0.477 e. The monoisotopic (exact) mass is 397 g/mol. The second-order valence-corrected chi connectivity index (χ2v) is 8.19. The molecular formula is C17H19NO8S. The number of rotatable bonds is 1. The average Bonchev–Trinajstić information content (AvgIpc) is 2.93. The molecule has 2 aliphatic heterocycles. The summed E-state index contributed by atoms with van der Waals surface area (Å²) in [6.45, 7) is 0.950. The van der Waals surface area contributed by atoms with Crippen molar-refractivity contribution in [1.82, 2.24) is 4.90 Å². The second kappa shape index (κ2) is 6.01. The number of ether oxygens (including phenoxy) is 1. The van der Waals surface area contributed by atoms with Gasteiger partial charge >= 0.3 is 10.4 Å². The Kier molecular flexibility index (Phi) is 4.09. The molecule has 4 atom stereocenters. The van der Waals surface area contributed by atoms with Crippen LogP contribution in [0.3, 0.4) is 0 Å². The third-order valence-electron chi connectivity index (χ3n) is 6.08. The molecule has 4 aliphatic rings. The Morgan fingerprint density at radius 3 is 2.70 bits per heavy atom. The van der Waals surface area contributed by atoms with Crippen molar-refractivity contribution < 1.29 is 37.2 Å². The Balaban J connectivity index is 0.000000323. The first-order valence-electron chi connectivity index (χ1n) is 8.43. The van der Waals surface area contributed by atoms with Gasteiger partial charge in [0, 0.05) is 17.5 Å². The van der Waals surface area contributed by atoms with Crippen LogP contribution in [0.4, 0.5) is 0 Å². The molecule has 0 aromatic heterocycles. The maximum Gasteiger partial charge on any atom is 0.394 e. The molecule has 1 fully saturated rings. The van der Waals surface area contributed by atoms with Gasteiger partial charge in [0.15, 0.2) is 17.6 Å². The SMILES string of the molecule is CN1CC[C@]23c4c5ccc(OO)c4O[C@H]2C(=O)C=C[C@H]3[C@H]1C5.O=S(=O)(O)O. The number of piperidine rings is 1. The smallest absolute Gasteiger partial charge is 0.394 e. The number of ketones is 1. The highest BCUT2D eigenvalue weighted by Gasteiger charge is 2.64. The van der Waals surface area contributed by atoms with Crippen molar-refractivity contribution >= 4 is 16.2 Å². The minimum absolute atomic E-state index is 0.0208. The Labute approximate surface area is 155 Å². The van der Waals surface area contributed by atoms with Gasteiger partial charge in [0.05, 0.1) is 5.41 Å². The molecule has 27 heavy (non-hydrogen) atoms. The van der Waals surface area contributed by atoms with Crippen molar-refractivity contribution in [1.29, 1.82) is 0 Å². The Morgan fingerprint density at radius 1 is 1.33 bits per heavy atom. The van der Waals surface area contributed by atoms with E-state index in [0.29, 0.717) is 17.5 Å². The molecule has 10 heteroatoms. The number of carbonyl (C=O) groups excluding carboxylic acids is 1. The second-order valence-electron chi connectivity index (χ2n) is 7.29. The summed E-state index contributed by atoms with van der Waals surface area (Å²) in [5.41, 5.74) is 2.02. The maximum absolute atomic E-state index is 12.5. The van der Waals surface area contributed by atoms with Crippen molar-refractivity contribution in [3.8, 4) is 11.5 Å². The Bertz CT molecular complexity index is 934. The number of hydrogen-bond acceptors (Lipinski definition) is 7. The first-order chi connectivity index (χ1) is 12.7. The Morgan fingerprint density at radius 2 is 2.04 bits per heavy atom. The van der Waals surface area contributed by atoms with Crippen molar-refractivity contribution in [2.45, 2.75) is 30.4 Å². The van der Waals surface area contributed by atoms with Crippen molar-refractivity contribution in [3.05, 3.63) is 35.4 Å². The van der Waals surface area contributed by atoms with Gasteiger partial charge in [0.25, 0.3) is 0 Å². The molecule has 2 heterocycles. The van der Waals surface area contributed by atoms with Gasteiger partial charge in [-0.3, -0.25) is 13.9 Å². The van der Waals surface area contributed by atoms with E-state index < -0.39 is 16.5 Å². The summed E-state index contributed by atoms with van der Waals surface area (Å²) >= 11 is 0. The van der Waals surface area contributed by atoms with Gasteiger partial charge in [0.1, 0.15) is 0 Å². The van der Waals surface area contributed by atoms with E-state index >= 15 is 0 Å². The van der Waals surface area contributed by atoms with E-state index in [2.05, 4.69) is 22.9 Å². The maximum atomic E-state index is 12.5. The largest absolute Gasteiger partial charge is 0.477 e. The molecule has 5 rings (SSSR count). The lowest BCUT2D eigenvalue weighted by molar-refractivity contribution is -0.140. The molecule has 1 aromatic carbocycles. The predicted octanol–water partition coefficient (Wildman–Crippen LogP) is 0.900. The number of likely N-dealkylation sites (tertiary alicyclic amines) is 1. The fraction of sp³-hybridized carbons (Fsp3) is 0.471. The van der Waals surface area contributed by atoms with E-state index in [1.807, 2.05) is 6.07 Å². The predicted molar refractivity (Wildman–Crippen MR) is 92.3 cm³/mol. The van der Waals surface area contributed by atoms with Crippen LogP contribution in [-0.4, -0.2) is 59.2 Å². The molecule has 2 aliphatic carbocycles. The van der Waals surface area contributed by atoms with Crippen LogP contribution in [0.1, 0.15) is 17.5 Å². The normalized spacial score (nSPS) is 32.9. The van der Waals surface area contributed by atoms with Crippen molar-refractivity contribution in [3.63, 3.8) is 0 Å². The van der Waals surface area contributed by atoms with E-state index in [4.69, 9.17) is 27.5 Å². The highest BCUT2D eigenvalue weighted by molar-refractivity contribution is 7.79. The lowest BCUT2D eigenvalue weighted by Crippen LogP contribution is -2.64. The van der Waals surface area contributed by atoms with Crippen LogP contribution in [-0.2, 0) is 27.0 Å². The van der Waals surface area contributed by atoms with Gasteiger partial charge in [-0.05, 0) is 44.1 Å². The van der Waals surface area contributed by atoms with Gasteiger partial charge in [-0.15, -0.1) is 0 Å². The lowest BCUT2D eigenvalue weighted by Gasteiger charge is -2.55. The summed E-state index contributed by atoms with van der Waals surface area (Å²) in [4.78, 5) is 19.4. The molecule has 0 saturated carbocycles. The number of carbonyl (C=O) groups is 1. The summed E-state index contributed by atoms with van der Waals surface area (Å²) < 4.78 is 37.6. The first kappa shape index (κ1) is 18.4. The number of benzene rings is 1. The van der Waals surface area contributed by atoms with Crippen LogP contribution in [0.25, 0.3) is 0 Å². The van der Waals surface area contributed by atoms with Crippen LogP contribution in [0.15, 0.2) is 24.3 Å². The summed E-state index contributed by atoms with van der Waals surface area (Å²) in [5, 5.41) is 9.15. The molecule has 0 radical (unpaired) electrons. The molecular weight excluding hydrogens is 378 g/mol. The molecule has 1 saturated heterocycles. The van der Waals surface area contributed by atoms with E-state index in [-0.39, 0.29) is 17.1 Å². The molecule has 2 bridgehead atoms. The quantitative estimate of drug-likeness (QED) is 0.359. The van der Waals surface area contributed by atoms with Crippen LogP contribution in [0.5, 0.6) is 11.5 Å². The van der Waals surface area contributed by atoms with E-state index in [1.165, 1.54) is 5.56 Å². The van der Waals surface area contributed by atoms with Gasteiger partial charge in [0.2, 0.25) is 5.75 Å². The summed E-state index contributed by atoms with van der Waals surface area (Å²) in [7, 11) is -2.51. The van der Waals surface area contributed by atoms with Crippen LogP contribution >= 0.6 is 0 Å². The zero-order valence-electron chi connectivity index (χ0n) is 14.4. The van der Waals surface area contributed by atoms with E-state index in [1.54, 1.807) is 12.1 Å². The van der Waals surface area contributed by atoms with Gasteiger partial charge in [-0.25, -0.2) is 5.26 Å². The van der Waals surface area contributed by atoms with Crippen LogP contribution in [0.2, 0.25) is 0 Å². The zero-order chi connectivity index (χ0) is 19.6. The number of hydrogen-bond donors (Lipinski definition) is 3. The Hall–Kier alpha value is -1.98. The third-order valence-corrected chi connectivity index (χ3v) is 6.08. The first-order valence-corrected chi connectivity index (χ1v) is 9.83. The van der Waals surface area contributed by atoms with Crippen molar-refractivity contribution in [2.24, 2.45) is 5.92 Å². The summed E-state index contributed by atoms with van der Waals surface area (Å²) in [6, 6.07) is 4.13. The van der Waals surface area contributed by atoms with Crippen LogP contribution < -0.4 is 9.62 Å². The van der Waals surface area contributed by atoms with Crippen molar-refractivity contribution in [2.75, 3.05) is 13.6 Å². The highest BCUT2D eigenvalue weighted by atomic mass is 32.3. The molecule has 9 nitrogen and oxygen atoms in total. The topological polar surface area (TPSA) is 134 Å². The molecule has 1 aromatic rings. The number of nitrogens with zero attached hydrogens (tertiary/aromatic N) is 1. The fourth-order valence-corrected chi connectivity index (χ4v) is 5.14. The molecule has 1 spiro atoms. The summed E-state index contributed by atoms with van der Waals surface area (Å²) in [5.74, 6) is 1.17. The average molecular weight is 397 g/mol.